The lowest BCUT2D eigenvalue weighted by Gasteiger charge is -2.36. The maximum atomic E-state index is 6.17. The van der Waals surface area contributed by atoms with Crippen molar-refractivity contribution in [2.45, 2.75) is 33.6 Å². The van der Waals surface area contributed by atoms with E-state index in [9.17, 15) is 0 Å². The van der Waals surface area contributed by atoms with Gasteiger partial charge >= 0.3 is 0 Å². The third-order valence-electron chi connectivity index (χ3n) is 5.33. The van der Waals surface area contributed by atoms with Gasteiger partial charge in [-0.2, -0.15) is 0 Å². The molecule has 1 fully saturated rings. The second-order valence-electron chi connectivity index (χ2n) is 7.77. The highest BCUT2D eigenvalue weighted by Crippen LogP contribution is 2.29. The van der Waals surface area contributed by atoms with Crippen LogP contribution in [0.4, 0.5) is 5.69 Å². The number of para-hydroxylation sites is 2. The molecule has 28 heavy (non-hydrogen) atoms. The number of aryl methyl sites for hydroxylation is 1. The molecule has 0 spiro atoms. The molecule has 152 valence electrons. The molecule has 0 aromatic heterocycles. The lowest BCUT2D eigenvalue weighted by atomic mass is 10.0. The molecule has 0 radical (unpaired) electrons. The number of hydrogen-bond acceptors (Lipinski definition) is 4. The summed E-state index contributed by atoms with van der Waals surface area (Å²) in [5, 5.41) is 0. The Morgan fingerprint density at radius 3 is 2.39 bits per heavy atom. The van der Waals surface area contributed by atoms with Crippen LogP contribution in [-0.4, -0.2) is 50.8 Å². The summed E-state index contributed by atoms with van der Waals surface area (Å²) in [6.07, 6.45) is 0. The van der Waals surface area contributed by atoms with E-state index in [2.05, 4.69) is 67.0 Å². The lowest BCUT2D eigenvalue weighted by Crippen LogP contribution is -2.47. The SMILES string of the molecule is CCOc1ccccc1N1CCN(CCOc2cc(C)ccc2C(C)C)CC1. The summed E-state index contributed by atoms with van der Waals surface area (Å²) >= 11 is 0. The van der Waals surface area contributed by atoms with Crippen molar-refractivity contribution in [3.05, 3.63) is 53.6 Å². The van der Waals surface area contributed by atoms with Crippen LogP contribution >= 0.6 is 0 Å². The summed E-state index contributed by atoms with van der Waals surface area (Å²) in [7, 11) is 0. The number of hydrogen-bond donors (Lipinski definition) is 0. The monoisotopic (exact) mass is 382 g/mol. The Hall–Kier alpha value is -2.20. The molecule has 1 aliphatic heterocycles. The van der Waals surface area contributed by atoms with Crippen molar-refractivity contribution in [2.75, 3.05) is 50.8 Å². The van der Waals surface area contributed by atoms with Gasteiger partial charge in [0.1, 0.15) is 18.1 Å². The van der Waals surface area contributed by atoms with Crippen LogP contribution in [0.5, 0.6) is 11.5 Å². The summed E-state index contributed by atoms with van der Waals surface area (Å²) in [5.41, 5.74) is 3.76. The maximum absolute atomic E-state index is 6.17. The number of piperazine rings is 1. The Labute approximate surface area is 170 Å². The predicted octanol–water partition coefficient (Wildman–Crippen LogP) is 4.72. The van der Waals surface area contributed by atoms with Gasteiger partial charge in [0, 0.05) is 32.7 Å². The molecule has 1 aliphatic rings. The lowest BCUT2D eigenvalue weighted by molar-refractivity contribution is 0.199. The van der Waals surface area contributed by atoms with Gasteiger partial charge in [-0.25, -0.2) is 0 Å². The second kappa shape index (κ2) is 9.83. The molecule has 4 heteroatoms. The van der Waals surface area contributed by atoms with Crippen LogP contribution in [0.15, 0.2) is 42.5 Å². The normalized spacial score (nSPS) is 15.1. The first-order valence-corrected chi connectivity index (χ1v) is 10.5. The highest BCUT2D eigenvalue weighted by atomic mass is 16.5. The van der Waals surface area contributed by atoms with Crippen LogP contribution < -0.4 is 14.4 Å². The maximum Gasteiger partial charge on any atom is 0.142 e. The zero-order valence-electron chi connectivity index (χ0n) is 17.8. The topological polar surface area (TPSA) is 24.9 Å². The van der Waals surface area contributed by atoms with Crippen LogP contribution in [0.2, 0.25) is 0 Å². The first-order chi connectivity index (χ1) is 13.6. The first-order valence-electron chi connectivity index (χ1n) is 10.5. The minimum Gasteiger partial charge on any atom is -0.492 e. The molecular formula is C24H34N2O2. The second-order valence-corrected chi connectivity index (χ2v) is 7.77. The summed E-state index contributed by atoms with van der Waals surface area (Å²) in [6, 6.07) is 14.9. The molecule has 1 heterocycles. The van der Waals surface area contributed by atoms with Crippen LogP contribution in [0.25, 0.3) is 0 Å². The van der Waals surface area contributed by atoms with E-state index >= 15 is 0 Å². The van der Waals surface area contributed by atoms with E-state index in [1.165, 1.54) is 16.8 Å². The molecule has 0 saturated carbocycles. The van der Waals surface area contributed by atoms with Crippen molar-refractivity contribution in [2.24, 2.45) is 0 Å². The third kappa shape index (κ3) is 5.20. The molecule has 0 bridgehead atoms. The van der Waals surface area contributed by atoms with Crippen molar-refractivity contribution in [1.82, 2.24) is 4.90 Å². The molecule has 0 unspecified atom stereocenters. The molecule has 0 amide bonds. The molecule has 2 aromatic carbocycles. The minimum absolute atomic E-state index is 0.476. The fourth-order valence-electron chi connectivity index (χ4n) is 3.74. The average molecular weight is 383 g/mol. The number of benzene rings is 2. The summed E-state index contributed by atoms with van der Waals surface area (Å²) in [6.45, 7) is 15.1. The Kier molecular flexibility index (Phi) is 7.21. The Morgan fingerprint density at radius 2 is 1.68 bits per heavy atom. The quantitative estimate of drug-likeness (QED) is 0.660. The Bertz CT molecular complexity index is 752. The number of rotatable bonds is 8. The fraction of sp³-hybridized carbons (Fsp3) is 0.500. The Morgan fingerprint density at radius 1 is 0.929 bits per heavy atom. The van der Waals surface area contributed by atoms with E-state index in [1.807, 2.05) is 13.0 Å². The van der Waals surface area contributed by atoms with Crippen molar-refractivity contribution in [1.29, 1.82) is 0 Å². The molecule has 2 aromatic rings. The molecule has 0 atom stereocenters. The van der Waals surface area contributed by atoms with Crippen molar-refractivity contribution >= 4 is 5.69 Å². The van der Waals surface area contributed by atoms with Crippen molar-refractivity contribution in [3.8, 4) is 11.5 Å². The Balaban J connectivity index is 1.50. The van der Waals surface area contributed by atoms with Gasteiger partial charge in [0.15, 0.2) is 0 Å². The fourth-order valence-corrected chi connectivity index (χ4v) is 3.74. The summed E-state index contributed by atoms with van der Waals surface area (Å²) in [5.74, 6) is 2.51. The third-order valence-corrected chi connectivity index (χ3v) is 5.33. The van der Waals surface area contributed by atoms with Gasteiger partial charge in [0.2, 0.25) is 0 Å². The van der Waals surface area contributed by atoms with E-state index in [1.54, 1.807) is 0 Å². The van der Waals surface area contributed by atoms with Gasteiger partial charge in [-0.05, 0) is 49.1 Å². The molecule has 1 saturated heterocycles. The van der Waals surface area contributed by atoms with E-state index < -0.39 is 0 Å². The van der Waals surface area contributed by atoms with Gasteiger partial charge in [0.25, 0.3) is 0 Å². The molecular weight excluding hydrogens is 348 g/mol. The van der Waals surface area contributed by atoms with E-state index in [-0.39, 0.29) is 0 Å². The average Bonchev–Trinajstić information content (AvgIpc) is 2.69. The van der Waals surface area contributed by atoms with E-state index in [4.69, 9.17) is 9.47 Å². The first kappa shape index (κ1) is 20.5. The van der Waals surface area contributed by atoms with Gasteiger partial charge < -0.3 is 14.4 Å². The number of anilines is 1. The predicted molar refractivity (Wildman–Crippen MR) is 117 cm³/mol. The van der Waals surface area contributed by atoms with Gasteiger partial charge in [-0.15, -0.1) is 0 Å². The summed E-state index contributed by atoms with van der Waals surface area (Å²) < 4.78 is 12.0. The van der Waals surface area contributed by atoms with Gasteiger partial charge in [-0.1, -0.05) is 38.1 Å². The van der Waals surface area contributed by atoms with Crippen molar-refractivity contribution in [3.63, 3.8) is 0 Å². The smallest absolute Gasteiger partial charge is 0.142 e. The van der Waals surface area contributed by atoms with Crippen LogP contribution in [0, 0.1) is 6.92 Å². The van der Waals surface area contributed by atoms with Gasteiger partial charge in [0.05, 0.1) is 12.3 Å². The molecule has 0 N–H and O–H groups in total. The van der Waals surface area contributed by atoms with Crippen molar-refractivity contribution < 1.29 is 9.47 Å². The minimum atomic E-state index is 0.476. The number of nitrogens with zero attached hydrogens (tertiary/aromatic N) is 2. The van der Waals surface area contributed by atoms with E-state index in [0.29, 0.717) is 12.5 Å². The highest BCUT2D eigenvalue weighted by Gasteiger charge is 2.19. The largest absolute Gasteiger partial charge is 0.492 e. The summed E-state index contributed by atoms with van der Waals surface area (Å²) in [4.78, 5) is 4.92. The van der Waals surface area contributed by atoms with Gasteiger partial charge in [-0.3, -0.25) is 4.90 Å². The number of ether oxygens (including phenoxy) is 2. The zero-order valence-corrected chi connectivity index (χ0v) is 17.8. The van der Waals surface area contributed by atoms with Crippen LogP contribution in [-0.2, 0) is 0 Å². The molecule has 0 aliphatic carbocycles. The highest BCUT2D eigenvalue weighted by molar-refractivity contribution is 5.58. The molecule has 4 nitrogen and oxygen atoms in total. The van der Waals surface area contributed by atoms with Crippen LogP contribution in [0.3, 0.4) is 0 Å². The van der Waals surface area contributed by atoms with E-state index in [0.717, 1.165) is 50.8 Å². The molecule has 3 rings (SSSR count). The standard InChI is InChI=1S/C24H34N2O2/c1-5-27-23-9-7-6-8-22(23)26-14-12-25(13-15-26)16-17-28-24-18-20(4)10-11-21(24)19(2)3/h6-11,18-19H,5,12-17H2,1-4H3. The van der Waals surface area contributed by atoms with Crippen LogP contribution in [0.1, 0.15) is 37.8 Å². The zero-order chi connectivity index (χ0) is 19.9.